The number of nitrogens with one attached hydrogen (secondary N) is 1. The molecule has 1 N–H and O–H groups in total. The second-order valence-electron chi connectivity index (χ2n) is 7.51. The van der Waals surface area contributed by atoms with E-state index in [4.69, 9.17) is 0 Å². The van der Waals surface area contributed by atoms with E-state index >= 15 is 0 Å². The molecule has 5 rings (SSSR count). The minimum absolute atomic E-state index is 0.290. The molecular weight excluding hydrogens is 372 g/mol. The second kappa shape index (κ2) is 7.16. The molecule has 4 nitrogen and oxygen atoms in total. The fourth-order valence-electron chi connectivity index (χ4n) is 3.97. The largest absolute Gasteiger partial charge is 0.380 e. The lowest BCUT2D eigenvalue weighted by molar-refractivity contribution is 0.0893. The van der Waals surface area contributed by atoms with Gasteiger partial charge in [-0.15, -0.1) is 0 Å². The van der Waals surface area contributed by atoms with Crippen molar-refractivity contribution in [2.45, 2.75) is 13.5 Å². The molecule has 2 amide bonds. The summed E-state index contributed by atoms with van der Waals surface area (Å²) in [7, 11) is 0. The number of nitrogens with zero attached hydrogens (tertiary/aromatic N) is 1. The Balaban J connectivity index is 1.58. The van der Waals surface area contributed by atoms with Crippen molar-refractivity contribution < 1.29 is 9.59 Å². The van der Waals surface area contributed by atoms with Crippen molar-refractivity contribution in [3.63, 3.8) is 0 Å². The predicted molar refractivity (Wildman–Crippen MR) is 120 cm³/mol. The fourth-order valence-corrected chi connectivity index (χ4v) is 3.97. The van der Waals surface area contributed by atoms with E-state index in [0.29, 0.717) is 28.7 Å². The number of hydrogen-bond donors (Lipinski definition) is 1. The third-order valence-corrected chi connectivity index (χ3v) is 5.53. The molecule has 146 valence electrons. The lowest BCUT2D eigenvalue weighted by Crippen LogP contribution is -2.40. The highest BCUT2D eigenvalue weighted by molar-refractivity contribution is 6.36. The minimum atomic E-state index is -0.290. The van der Waals surface area contributed by atoms with Crippen molar-refractivity contribution in [3.05, 3.63) is 107 Å². The number of aryl methyl sites for hydroxylation is 1. The highest BCUT2D eigenvalue weighted by Gasteiger charge is 2.34. The molecular formula is C26H20N2O2. The standard InChI is InChI=1S/C26H20N2O2/c1-17-10-12-19(13-11-17)28-25(29)21-9-5-8-20-23(15-14-22(24(20)21)26(28)30)27-16-18-6-3-2-4-7-18/h2-15,27H,16H2,1H3. The number of carbonyl (C=O) groups is 2. The number of rotatable bonds is 4. The van der Waals surface area contributed by atoms with Gasteiger partial charge >= 0.3 is 0 Å². The molecule has 0 fully saturated rings. The van der Waals surface area contributed by atoms with Crippen LogP contribution in [-0.2, 0) is 6.54 Å². The number of amides is 2. The van der Waals surface area contributed by atoms with Gasteiger partial charge < -0.3 is 5.32 Å². The summed E-state index contributed by atoms with van der Waals surface area (Å²) in [6.07, 6.45) is 0. The zero-order chi connectivity index (χ0) is 20.7. The first-order valence-corrected chi connectivity index (χ1v) is 9.92. The molecule has 0 saturated carbocycles. The van der Waals surface area contributed by atoms with Gasteiger partial charge in [-0.1, -0.05) is 60.2 Å². The Morgan fingerprint density at radius 3 is 2.17 bits per heavy atom. The van der Waals surface area contributed by atoms with Gasteiger partial charge in [0.05, 0.1) is 5.69 Å². The lowest BCUT2D eigenvalue weighted by Gasteiger charge is -2.28. The Hall–Kier alpha value is -3.92. The first-order valence-electron chi connectivity index (χ1n) is 9.92. The van der Waals surface area contributed by atoms with E-state index in [9.17, 15) is 9.59 Å². The van der Waals surface area contributed by atoms with Crippen LogP contribution >= 0.6 is 0 Å². The third-order valence-electron chi connectivity index (χ3n) is 5.53. The van der Waals surface area contributed by atoms with E-state index in [0.717, 1.165) is 22.2 Å². The normalized spacial score (nSPS) is 13.0. The smallest absolute Gasteiger partial charge is 0.265 e. The number of carbonyl (C=O) groups excluding carboxylic acids is 2. The average Bonchev–Trinajstić information content (AvgIpc) is 2.78. The van der Waals surface area contributed by atoms with Crippen molar-refractivity contribution in [2.75, 3.05) is 10.2 Å². The van der Waals surface area contributed by atoms with Gasteiger partial charge in [0.2, 0.25) is 0 Å². The van der Waals surface area contributed by atoms with Crippen LogP contribution in [0.25, 0.3) is 10.8 Å². The van der Waals surface area contributed by atoms with Crippen LogP contribution in [0, 0.1) is 6.92 Å². The van der Waals surface area contributed by atoms with E-state index < -0.39 is 0 Å². The molecule has 0 radical (unpaired) electrons. The van der Waals surface area contributed by atoms with Crippen molar-refractivity contribution in [1.29, 1.82) is 0 Å². The van der Waals surface area contributed by atoms with Crippen molar-refractivity contribution in [1.82, 2.24) is 0 Å². The first kappa shape index (κ1) is 18.1. The van der Waals surface area contributed by atoms with Gasteiger partial charge in [0.25, 0.3) is 11.8 Å². The van der Waals surface area contributed by atoms with Gasteiger partial charge in [-0.2, -0.15) is 0 Å². The number of hydrogen-bond acceptors (Lipinski definition) is 3. The zero-order valence-corrected chi connectivity index (χ0v) is 16.6. The van der Waals surface area contributed by atoms with E-state index in [2.05, 4.69) is 17.4 Å². The first-order chi connectivity index (χ1) is 14.6. The van der Waals surface area contributed by atoms with Crippen molar-refractivity contribution in [3.8, 4) is 0 Å². The van der Waals surface area contributed by atoms with Crippen LogP contribution in [-0.4, -0.2) is 11.8 Å². The maximum absolute atomic E-state index is 13.3. The van der Waals surface area contributed by atoms with Crippen LogP contribution in [0.2, 0.25) is 0 Å². The summed E-state index contributed by atoms with van der Waals surface area (Å²) in [4.78, 5) is 27.8. The molecule has 1 heterocycles. The second-order valence-corrected chi connectivity index (χ2v) is 7.51. The Labute approximate surface area is 174 Å². The monoisotopic (exact) mass is 392 g/mol. The van der Waals surface area contributed by atoms with Gasteiger partial charge in [-0.3, -0.25) is 9.59 Å². The molecule has 0 aliphatic carbocycles. The summed E-state index contributed by atoms with van der Waals surface area (Å²) < 4.78 is 0. The van der Waals surface area contributed by atoms with E-state index in [1.807, 2.05) is 73.7 Å². The van der Waals surface area contributed by atoms with E-state index in [-0.39, 0.29) is 11.8 Å². The van der Waals surface area contributed by atoms with E-state index in [1.54, 1.807) is 6.07 Å². The predicted octanol–water partition coefficient (Wildman–Crippen LogP) is 5.56. The van der Waals surface area contributed by atoms with Crippen LogP contribution in [0.3, 0.4) is 0 Å². The average molecular weight is 392 g/mol. The van der Waals surface area contributed by atoms with Crippen LogP contribution in [0.1, 0.15) is 31.8 Å². The Kier molecular flexibility index (Phi) is 4.32. The summed E-state index contributed by atoms with van der Waals surface area (Å²) in [6, 6.07) is 26.9. The van der Waals surface area contributed by atoms with Gasteiger partial charge in [-0.25, -0.2) is 4.90 Å². The third kappa shape index (κ3) is 2.94. The summed E-state index contributed by atoms with van der Waals surface area (Å²) >= 11 is 0. The summed E-state index contributed by atoms with van der Waals surface area (Å²) in [5.41, 5.74) is 4.83. The fraction of sp³-hybridized carbons (Fsp3) is 0.0769. The summed E-state index contributed by atoms with van der Waals surface area (Å²) in [5, 5.41) is 5.05. The molecule has 0 spiro atoms. The maximum Gasteiger partial charge on any atom is 0.265 e. The van der Waals surface area contributed by atoms with Gasteiger partial charge in [-0.05, 0) is 42.8 Å². The SMILES string of the molecule is Cc1ccc(N2C(=O)c3cccc4c(NCc5ccccc5)ccc(c34)C2=O)cc1. The number of benzene rings is 4. The molecule has 30 heavy (non-hydrogen) atoms. The van der Waals surface area contributed by atoms with Gasteiger partial charge in [0.15, 0.2) is 0 Å². The Morgan fingerprint density at radius 2 is 1.43 bits per heavy atom. The van der Waals surface area contributed by atoms with Crippen LogP contribution < -0.4 is 10.2 Å². The molecule has 0 unspecified atom stereocenters. The highest BCUT2D eigenvalue weighted by Crippen LogP contribution is 2.36. The molecule has 1 aliphatic heterocycles. The molecule has 1 aliphatic rings. The number of imide groups is 1. The minimum Gasteiger partial charge on any atom is -0.380 e. The van der Waals surface area contributed by atoms with Crippen LogP contribution in [0.15, 0.2) is 84.9 Å². The summed E-state index contributed by atoms with van der Waals surface area (Å²) in [5.74, 6) is -0.579. The van der Waals surface area contributed by atoms with Crippen molar-refractivity contribution >= 4 is 34.0 Å². The van der Waals surface area contributed by atoms with Crippen LogP contribution in [0.4, 0.5) is 11.4 Å². The van der Waals surface area contributed by atoms with Crippen LogP contribution in [0.5, 0.6) is 0 Å². The molecule has 0 bridgehead atoms. The molecule has 0 saturated heterocycles. The topological polar surface area (TPSA) is 49.4 Å². The zero-order valence-electron chi connectivity index (χ0n) is 16.6. The van der Waals surface area contributed by atoms with Gasteiger partial charge in [0, 0.05) is 34.1 Å². The highest BCUT2D eigenvalue weighted by atomic mass is 16.2. The lowest BCUT2D eigenvalue weighted by atomic mass is 9.92. The van der Waals surface area contributed by atoms with E-state index in [1.165, 1.54) is 4.90 Å². The number of anilines is 2. The Bertz CT molecular complexity index is 1260. The molecule has 4 aromatic carbocycles. The quantitative estimate of drug-likeness (QED) is 0.463. The Morgan fingerprint density at radius 1 is 0.733 bits per heavy atom. The molecule has 4 aromatic rings. The molecule has 4 heteroatoms. The van der Waals surface area contributed by atoms with Gasteiger partial charge in [0.1, 0.15) is 0 Å². The maximum atomic E-state index is 13.3. The molecule has 0 aromatic heterocycles. The van der Waals surface area contributed by atoms with Crippen molar-refractivity contribution in [2.24, 2.45) is 0 Å². The summed E-state index contributed by atoms with van der Waals surface area (Å²) in [6.45, 7) is 2.64. The molecule has 0 atom stereocenters.